The molecular weight excluding hydrogens is 268 g/mol. The molecule has 0 N–H and O–H groups in total. The molecule has 0 unspecified atom stereocenters. The van der Waals surface area contributed by atoms with Gasteiger partial charge in [0.15, 0.2) is 0 Å². The van der Waals surface area contributed by atoms with Crippen LogP contribution in [0.4, 0.5) is 0 Å². The van der Waals surface area contributed by atoms with Crippen molar-refractivity contribution in [2.45, 2.75) is 51.7 Å². The first-order valence-corrected chi connectivity index (χ1v) is 7.55. The highest BCUT2D eigenvalue weighted by Gasteiger charge is 2.54. The van der Waals surface area contributed by atoms with Gasteiger partial charge in [-0.2, -0.15) is 0 Å². The second kappa shape index (κ2) is 4.72. The summed E-state index contributed by atoms with van der Waals surface area (Å²) in [6.45, 7) is 11.7. The minimum absolute atomic E-state index is 0.0263. The Morgan fingerprint density at radius 1 is 1.38 bits per heavy atom. The number of esters is 2. The Bertz CT molecular complexity index is 535. The third-order valence-electron chi connectivity index (χ3n) is 5.42. The lowest BCUT2D eigenvalue weighted by Gasteiger charge is -2.51. The van der Waals surface area contributed by atoms with Crippen LogP contribution in [0.5, 0.6) is 0 Å². The van der Waals surface area contributed by atoms with E-state index in [2.05, 4.69) is 20.1 Å². The van der Waals surface area contributed by atoms with Crippen molar-refractivity contribution in [2.75, 3.05) is 0 Å². The van der Waals surface area contributed by atoms with Crippen LogP contribution >= 0.6 is 0 Å². The average Bonchev–Trinajstić information content (AvgIpc) is 2.60. The number of hydrogen-bond donors (Lipinski definition) is 0. The molecule has 0 spiro atoms. The number of carbonyl (C=O) groups excluding carboxylic acids is 2. The average molecular weight is 290 g/mol. The maximum atomic E-state index is 11.7. The second-order valence-corrected chi connectivity index (χ2v) is 7.02. The van der Waals surface area contributed by atoms with Gasteiger partial charge in [-0.05, 0) is 30.6 Å². The van der Waals surface area contributed by atoms with Crippen LogP contribution in [0, 0.1) is 17.3 Å². The summed E-state index contributed by atoms with van der Waals surface area (Å²) < 4.78 is 10.9. The van der Waals surface area contributed by atoms with E-state index in [0.29, 0.717) is 11.5 Å². The van der Waals surface area contributed by atoms with Gasteiger partial charge in [0.05, 0.1) is 0 Å². The zero-order valence-electron chi connectivity index (χ0n) is 12.7. The molecule has 0 aromatic carbocycles. The summed E-state index contributed by atoms with van der Waals surface area (Å²) in [5.41, 5.74) is 1.71. The Balaban J connectivity index is 1.83. The first kappa shape index (κ1) is 14.4. The third-order valence-corrected chi connectivity index (χ3v) is 5.42. The van der Waals surface area contributed by atoms with E-state index in [9.17, 15) is 9.59 Å². The molecule has 1 aliphatic heterocycles. The van der Waals surface area contributed by atoms with Crippen molar-refractivity contribution in [3.63, 3.8) is 0 Å². The van der Waals surface area contributed by atoms with E-state index in [1.807, 2.05) is 0 Å². The maximum absolute atomic E-state index is 11.7. The van der Waals surface area contributed by atoms with Gasteiger partial charge in [0.2, 0.25) is 0 Å². The predicted octanol–water partition coefficient (Wildman–Crippen LogP) is 2.78. The predicted molar refractivity (Wildman–Crippen MR) is 77.3 cm³/mol. The van der Waals surface area contributed by atoms with E-state index in [1.165, 1.54) is 6.92 Å². The molecule has 4 nitrogen and oxygen atoms in total. The zero-order chi connectivity index (χ0) is 15.4. The minimum Gasteiger partial charge on any atom is -0.462 e. The molecule has 2 saturated carbocycles. The van der Waals surface area contributed by atoms with E-state index in [0.717, 1.165) is 31.3 Å². The summed E-state index contributed by atoms with van der Waals surface area (Å²) >= 11 is 0. The molecule has 3 fully saturated rings. The summed E-state index contributed by atoms with van der Waals surface area (Å²) in [6.07, 6.45) is 3.02. The normalized spacial score (nSPS) is 42.1. The van der Waals surface area contributed by atoms with E-state index in [-0.39, 0.29) is 35.5 Å². The molecule has 0 bridgehead atoms. The van der Waals surface area contributed by atoms with E-state index in [4.69, 9.17) is 9.47 Å². The van der Waals surface area contributed by atoms with Crippen LogP contribution in [0.3, 0.4) is 0 Å². The highest BCUT2D eigenvalue weighted by atomic mass is 16.6. The fourth-order valence-corrected chi connectivity index (χ4v) is 4.52. The van der Waals surface area contributed by atoms with Crippen LogP contribution in [-0.2, 0) is 19.1 Å². The molecular formula is C17H22O4. The molecule has 2 aliphatic carbocycles. The Kier molecular flexibility index (Phi) is 3.23. The standard InChI is InChI=1S/C17H22O4/c1-9-5-12(20-11(3)18)7-17(4)8-15-13(6-14(9)17)10(2)16(19)21-15/h12-15H,1-2,5-8H2,3-4H3/t12-,13-,14+,15-,17-/m1/s1. The monoisotopic (exact) mass is 290 g/mol. The summed E-state index contributed by atoms with van der Waals surface area (Å²) in [5.74, 6) is -0.0342. The highest BCUT2D eigenvalue weighted by Crippen LogP contribution is 2.57. The zero-order valence-corrected chi connectivity index (χ0v) is 12.7. The molecule has 1 saturated heterocycles. The molecule has 3 aliphatic rings. The molecule has 0 radical (unpaired) electrons. The van der Waals surface area contributed by atoms with Crippen LogP contribution in [-0.4, -0.2) is 24.1 Å². The Hall–Kier alpha value is -1.58. The summed E-state index contributed by atoms with van der Waals surface area (Å²) in [7, 11) is 0. The van der Waals surface area contributed by atoms with Gasteiger partial charge < -0.3 is 9.47 Å². The summed E-state index contributed by atoms with van der Waals surface area (Å²) in [6, 6.07) is 0. The van der Waals surface area contributed by atoms with Crippen molar-refractivity contribution in [1.29, 1.82) is 0 Å². The molecule has 114 valence electrons. The molecule has 3 rings (SSSR count). The SMILES string of the molecule is C=C1C(=O)O[C@@H]2C[C@@]3(C)C[C@H](OC(C)=O)CC(=C)[C@@H]3C[C@H]12. The van der Waals surface area contributed by atoms with Crippen LogP contribution in [0.2, 0.25) is 0 Å². The van der Waals surface area contributed by atoms with Crippen LogP contribution in [0.1, 0.15) is 39.5 Å². The number of ether oxygens (including phenoxy) is 2. The van der Waals surface area contributed by atoms with Gasteiger partial charge in [-0.25, -0.2) is 4.79 Å². The van der Waals surface area contributed by atoms with Gasteiger partial charge in [-0.1, -0.05) is 25.7 Å². The fourth-order valence-electron chi connectivity index (χ4n) is 4.52. The lowest BCUT2D eigenvalue weighted by molar-refractivity contribution is -0.152. The van der Waals surface area contributed by atoms with Gasteiger partial charge in [0.1, 0.15) is 12.2 Å². The Morgan fingerprint density at radius 2 is 2.10 bits per heavy atom. The number of hydrogen-bond acceptors (Lipinski definition) is 4. The highest BCUT2D eigenvalue weighted by molar-refractivity contribution is 5.90. The van der Waals surface area contributed by atoms with E-state index < -0.39 is 0 Å². The third kappa shape index (κ3) is 2.30. The molecule has 0 aromatic heterocycles. The van der Waals surface area contributed by atoms with Crippen molar-refractivity contribution in [3.05, 3.63) is 24.3 Å². The second-order valence-electron chi connectivity index (χ2n) is 7.02. The fraction of sp³-hybridized carbons (Fsp3) is 0.647. The van der Waals surface area contributed by atoms with Gasteiger partial charge in [-0.3, -0.25) is 4.79 Å². The lowest BCUT2D eigenvalue weighted by Crippen LogP contribution is -2.47. The maximum Gasteiger partial charge on any atom is 0.334 e. The molecule has 21 heavy (non-hydrogen) atoms. The van der Waals surface area contributed by atoms with Crippen LogP contribution in [0.25, 0.3) is 0 Å². The first-order chi connectivity index (χ1) is 9.80. The molecule has 5 atom stereocenters. The van der Waals surface area contributed by atoms with Crippen molar-refractivity contribution < 1.29 is 19.1 Å². The lowest BCUT2D eigenvalue weighted by atomic mass is 9.55. The van der Waals surface area contributed by atoms with Crippen molar-refractivity contribution >= 4 is 11.9 Å². The molecule has 0 amide bonds. The van der Waals surface area contributed by atoms with Crippen molar-refractivity contribution in [2.24, 2.45) is 17.3 Å². The first-order valence-electron chi connectivity index (χ1n) is 7.55. The topological polar surface area (TPSA) is 52.6 Å². The van der Waals surface area contributed by atoms with E-state index >= 15 is 0 Å². The van der Waals surface area contributed by atoms with Crippen LogP contribution in [0.15, 0.2) is 24.3 Å². The minimum atomic E-state index is -0.255. The van der Waals surface area contributed by atoms with Crippen molar-refractivity contribution in [3.8, 4) is 0 Å². The molecule has 0 aromatic rings. The molecule has 4 heteroatoms. The Morgan fingerprint density at radius 3 is 2.76 bits per heavy atom. The molecule has 1 heterocycles. The Labute approximate surface area is 125 Å². The smallest absolute Gasteiger partial charge is 0.334 e. The quantitative estimate of drug-likeness (QED) is 0.423. The van der Waals surface area contributed by atoms with Gasteiger partial charge in [-0.15, -0.1) is 0 Å². The van der Waals surface area contributed by atoms with Gasteiger partial charge in [0.25, 0.3) is 0 Å². The van der Waals surface area contributed by atoms with Crippen molar-refractivity contribution in [1.82, 2.24) is 0 Å². The summed E-state index contributed by atoms with van der Waals surface area (Å²) in [5, 5.41) is 0. The number of carbonyl (C=O) groups is 2. The largest absolute Gasteiger partial charge is 0.462 e. The number of fused-ring (bicyclic) bond motifs is 2. The van der Waals surface area contributed by atoms with Gasteiger partial charge in [0, 0.05) is 24.8 Å². The number of rotatable bonds is 1. The van der Waals surface area contributed by atoms with Crippen LogP contribution < -0.4 is 0 Å². The van der Waals surface area contributed by atoms with E-state index in [1.54, 1.807) is 0 Å². The van der Waals surface area contributed by atoms with Gasteiger partial charge >= 0.3 is 11.9 Å². The summed E-state index contributed by atoms with van der Waals surface area (Å²) in [4.78, 5) is 22.9.